The Morgan fingerprint density at radius 3 is 2.45 bits per heavy atom. The van der Waals surface area contributed by atoms with Gasteiger partial charge in [-0.1, -0.05) is 25.5 Å². The molecule has 0 atom stereocenters. The summed E-state index contributed by atoms with van der Waals surface area (Å²) in [5, 5.41) is 4.60. The second-order valence-corrected chi connectivity index (χ2v) is 7.04. The molecule has 0 bridgehead atoms. The number of halogens is 1. The summed E-state index contributed by atoms with van der Waals surface area (Å²) >= 11 is 2.34. The molecular weight excluding hydrogens is 359 g/mol. The van der Waals surface area contributed by atoms with Crippen molar-refractivity contribution in [1.82, 2.24) is 9.78 Å². The van der Waals surface area contributed by atoms with E-state index in [2.05, 4.69) is 69.8 Å². The first-order valence-electron chi connectivity index (χ1n) is 7.56. The van der Waals surface area contributed by atoms with Gasteiger partial charge in [-0.3, -0.25) is 4.68 Å². The third-order valence-electron chi connectivity index (χ3n) is 4.55. The molecule has 1 aliphatic rings. The quantitative estimate of drug-likeness (QED) is 0.661. The normalized spacial score (nSPS) is 22.9. The molecule has 1 saturated carbocycles. The molecule has 0 amide bonds. The topological polar surface area (TPSA) is 17.8 Å². The lowest BCUT2D eigenvalue weighted by molar-refractivity contribution is 0.256. The maximum absolute atomic E-state index is 4.60. The lowest BCUT2D eigenvalue weighted by Gasteiger charge is -2.27. The molecule has 0 spiro atoms. The smallest absolute Gasteiger partial charge is 0.0568 e. The van der Waals surface area contributed by atoms with Gasteiger partial charge in [-0.2, -0.15) is 5.10 Å². The number of hydrogen-bond donors (Lipinski definition) is 0. The van der Waals surface area contributed by atoms with E-state index >= 15 is 0 Å². The summed E-state index contributed by atoms with van der Waals surface area (Å²) in [7, 11) is 0. The van der Waals surface area contributed by atoms with E-state index < -0.39 is 0 Å². The van der Waals surface area contributed by atoms with Crippen molar-refractivity contribution in [2.75, 3.05) is 0 Å². The molecular formula is C17H21IN2. The highest BCUT2D eigenvalue weighted by Crippen LogP contribution is 2.34. The molecule has 3 heteroatoms. The van der Waals surface area contributed by atoms with Gasteiger partial charge in [-0.25, -0.2) is 0 Å². The van der Waals surface area contributed by atoms with Crippen molar-refractivity contribution in [3.05, 3.63) is 40.2 Å². The molecule has 2 aromatic rings. The fourth-order valence-corrected chi connectivity index (χ4v) is 3.51. The zero-order valence-electron chi connectivity index (χ0n) is 11.9. The third-order valence-corrected chi connectivity index (χ3v) is 5.27. The Morgan fingerprint density at radius 2 is 1.80 bits per heavy atom. The molecule has 1 aliphatic carbocycles. The largest absolute Gasteiger partial charge is 0.269 e. The minimum Gasteiger partial charge on any atom is -0.269 e. The van der Waals surface area contributed by atoms with E-state index in [1.165, 1.54) is 46.8 Å². The summed E-state index contributed by atoms with van der Waals surface area (Å²) in [5.74, 6) is 0.942. The van der Waals surface area contributed by atoms with Crippen LogP contribution in [0.2, 0.25) is 0 Å². The Kier molecular flexibility index (Phi) is 4.44. The van der Waals surface area contributed by atoms with Gasteiger partial charge in [0.2, 0.25) is 0 Å². The molecule has 1 aromatic heterocycles. The first-order valence-corrected chi connectivity index (χ1v) is 8.64. The number of hydrogen-bond acceptors (Lipinski definition) is 1. The molecule has 1 fully saturated rings. The lowest BCUT2D eigenvalue weighted by atomic mass is 9.85. The fourth-order valence-electron chi connectivity index (χ4n) is 3.15. The zero-order chi connectivity index (χ0) is 13.9. The molecule has 1 aromatic carbocycles. The maximum atomic E-state index is 4.60. The zero-order valence-corrected chi connectivity index (χ0v) is 14.1. The van der Waals surface area contributed by atoms with Crippen LogP contribution in [0, 0.1) is 9.49 Å². The van der Waals surface area contributed by atoms with Gasteiger partial charge >= 0.3 is 0 Å². The van der Waals surface area contributed by atoms with Crippen LogP contribution in [-0.4, -0.2) is 9.78 Å². The van der Waals surface area contributed by atoms with Crippen molar-refractivity contribution < 1.29 is 0 Å². The summed E-state index contributed by atoms with van der Waals surface area (Å²) < 4.78 is 3.47. The summed E-state index contributed by atoms with van der Waals surface area (Å²) in [6.07, 6.45) is 10.9. The first kappa shape index (κ1) is 14.1. The second kappa shape index (κ2) is 6.29. The molecule has 0 saturated heterocycles. The highest BCUT2D eigenvalue weighted by molar-refractivity contribution is 14.1. The number of aromatic nitrogens is 2. The Morgan fingerprint density at radius 1 is 1.10 bits per heavy atom. The number of rotatable bonds is 3. The summed E-state index contributed by atoms with van der Waals surface area (Å²) in [6, 6.07) is 9.27. The molecule has 2 nitrogen and oxygen atoms in total. The predicted octanol–water partition coefficient (Wildman–Crippen LogP) is 5.30. The van der Waals surface area contributed by atoms with Crippen LogP contribution < -0.4 is 0 Å². The van der Waals surface area contributed by atoms with Crippen LogP contribution in [0.1, 0.15) is 45.1 Å². The van der Waals surface area contributed by atoms with E-state index in [1.54, 1.807) is 0 Å². The predicted molar refractivity (Wildman–Crippen MR) is 91.7 cm³/mol. The number of nitrogens with zero attached hydrogens (tertiary/aromatic N) is 2. The monoisotopic (exact) mass is 380 g/mol. The van der Waals surface area contributed by atoms with Crippen molar-refractivity contribution in [3.63, 3.8) is 0 Å². The van der Waals surface area contributed by atoms with Gasteiger partial charge in [0.1, 0.15) is 0 Å². The van der Waals surface area contributed by atoms with Gasteiger partial charge in [0.25, 0.3) is 0 Å². The highest BCUT2D eigenvalue weighted by atomic mass is 127. The summed E-state index contributed by atoms with van der Waals surface area (Å²) in [5.41, 5.74) is 2.50. The Bertz CT molecular complexity index is 551. The van der Waals surface area contributed by atoms with E-state index in [4.69, 9.17) is 0 Å². The van der Waals surface area contributed by atoms with Gasteiger partial charge in [-0.15, -0.1) is 0 Å². The molecule has 1 heterocycles. The van der Waals surface area contributed by atoms with Crippen molar-refractivity contribution >= 4 is 22.6 Å². The van der Waals surface area contributed by atoms with E-state index in [0.717, 1.165) is 5.92 Å². The van der Waals surface area contributed by atoms with Gasteiger partial charge in [0.15, 0.2) is 0 Å². The standard InChI is InChI=1S/C17H21IN2/c1-2-13-3-9-17(10-4-13)20-12-15(11-19-20)14-5-7-16(18)8-6-14/h5-8,11-13,17H,2-4,9-10H2,1H3. The summed E-state index contributed by atoms with van der Waals surface area (Å²) in [4.78, 5) is 0. The van der Waals surface area contributed by atoms with Crippen LogP contribution in [-0.2, 0) is 0 Å². The molecule has 3 rings (SSSR count). The second-order valence-electron chi connectivity index (χ2n) is 5.80. The van der Waals surface area contributed by atoms with Gasteiger partial charge in [-0.05, 0) is 71.9 Å². The van der Waals surface area contributed by atoms with Crippen LogP contribution in [0.5, 0.6) is 0 Å². The summed E-state index contributed by atoms with van der Waals surface area (Å²) in [6.45, 7) is 2.31. The molecule has 0 radical (unpaired) electrons. The first-order chi connectivity index (χ1) is 9.76. The van der Waals surface area contributed by atoms with Crippen LogP contribution in [0.15, 0.2) is 36.7 Å². The van der Waals surface area contributed by atoms with Crippen LogP contribution in [0.4, 0.5) is 0 Å². The van der Waals surface area contributed by atoms with Crippen molar-refractivity contribution in [2.24, 2.45) is 5.92 Å². The van der Waals surface area contributed by atoms with E-state index in [-0.39, 0.29) is 0 Å². The van der Waals surface area contributed by atoms with Crippen LogP contribution in [0.3, 0.4) is 0 Å². The molecule has 20 heavy (non-hydrogen) atoms. The van der Waals surface area contributed by atoms with E-state index in [9.17, 15) is 0 Å². The minimum absolute atomic E-state index is 0.607. The Balaban J connectivity index is 1.72. The van der Waals surface area contributed by atoms with E-state index in [0.29, 0.717) is 6.04 Å². The van der Waals surface area contributed by atoms with Gasteiger partial charge < -0.3 is 0 Å². The van der Waals surface area contributed by atoms with Gasteiger partial charge in [0, 0.05) is 15.3 Å². The third kappa shape index (κ3) is 3.08. The Hall–Kier alpha value is -0.840. The van der Waals surface area contributed by atoms with Crippen molar-refractivity contribution in [2.45, 2.75) is 45.1 Å². The van der Waals surface area contributed by atoms with E-state index in [1.807, 2.05) is 6.20 Å². The lowest BCUT2D eigenvalue weighted by Crippen LogP contribution is -2.18. The molecule has 106 valence electrons. The highest BCUT2D eigenvalue weighted by Gasteiger charge is 2.21. The number of benzene rings is 1. The average Bonchev–Trinajstić information content (AvgIpc) is 2.98. The fraction of sp³-hybridized carbons (Fsp3) is 0.471. The van der Waals surface area contributed by atoms with Crippen molar-refractivity contribution in [1.29, 1.82) is 0 Å². The molecule has 0 aliphatic heterocycles. The molecule has 0 unspecified atom stereocenters. The average molecular weight is 380 g/mol. The van der Waals surface area contributed by atoms with Crippen LogP contribution in [0.25, 0.3) is 11.1 Å². The SMILES string of the molecule is CCC1CCC(n2cc(-c3ccc(I)cc3)cn2)CC1. The molecule has 0 N–H and O–H groups in total. The minimum atomic E-state index is 0.607. The van der Waals surface area contributed by atoms with Gasteiger partial charge in [0.05, 0.1) is 12.2 Å². The Labute approximate surface area is 134 Å². The van der Waals surface area contributed by atoms with Crippen molar-refractivity contribution in [3.8, 4) is 11.1 Å². The maximum Gasteiger partial charge on any atom is 0.0568 e. The van der Waals surface area contributed by atoms with Crippen LogP contribution >= 0.6 is 22.6 Å².